The molecule has 1 heterocycles. The molecule has 2 aromatic rings. The van der Waals surface area contributed by atoms with Crippen LogP contribution < -0.4 is 0 Å². The molecule has 0 spiro atoms. The summed E-state index contributed by atoms with van der Waals surface area (Å²) in [5.74, 6) is -2.19. The van der Waals surface area contributed by atoms with E-state index in [9.17, 15) is 13.6 Å². The summed E-state index contributed by atoms with van der Waals surface area (Å²) >= 11 is 0. The summed E-state index contributed by atoms with van der Waals surface area (Å²) in [6.45, 7) is 0.810. The molecule has 0 aliphatic heterocycles. The average Bonchev–Trinajstić information content (AvgIpc) is 2.49. The van der Waals surface area contributed by atoms with Gasteiger partial charge in [-0.1, -0.05) is 6.07 Å². The summed E-state index contributed by atoms with van der Waals surface area (Å²) in [4.78, 5) is 18.0. The Morgan fingerprint density at radius 2 is 2.00 bits per heavy atom. The zero-order chi connectivity index (χ0) is 15.2. The summed E-state index contributed by atoms with van der Waals surface area (Å²) in [6, 6.07) is 8.88. The molecule has 0 unspecified atom stereocenters. The molecule has 2 rings (SSSR count). The van der Waals surface area contributed by atoms with Crippen molar-refractivity contribution in [2.75, 3.05) is 20.1 Å². The highest BCUT2D eigenvalue weighted by Crippen LogP contribution is 2.10. The molecular formula is C16H16F2N2O. The van der Waals surface area contributed by atoms with E-state index in [0.29, 0.717) is 6.54 Å². The largest absolute Gasteiger partial charge is 0.299 e. The zero-order valence-corrected chi connectivity index (χ0v) is 11.7. The summed E-state index contributed by atoms with van der Waals surface area (Å²) in [5, 5.41) is 0. The van der Waals surface area contributed by atoms with Gasteiger partial charge in [0.25, 0.3) is 0 Å². The smallest absolute Gasteiger partial charge is 0.176 e. The van der Waals surface area contributed by atoms with Gasteiger partial charge in [-0.15, -0.1) is 0 Å². The minimum Gasteiger partial charge on any atom is -0.299 e. The molecule has 0 saturated carbocycles. The number of Topliss-reactive ketones (excluding diaryl/α,β-unsaturated/α-hetero) is 1. The highest BCUT2D eigenvalue weighted by molar-refractivity contribution is 5.97. The number of carbonyl (C=O) groups excluding carboxylic acids is 1. The molecule has 5 heteroatoms. The first-order valence-electron chi connectivity index (χ1n) is 6.63. The van der Waals surface area contributed by atoms with Crippen molar-refractivity contribution >= 4 is 5.78 Å². The standard InChI is InChI=1S/C16H16F2N2O/c1-20(9-7-13-4-2-3-8-19-13)11-16(21)12-5-6-14(17)15(18)10-12/h2-6,8,10H,7,9,11H2,1H3. The third-order valence-electron chi connectivity index (χ3n) is 3.13. The van der Waals surface area contributed by atoms with Crippen LogP contribution in [0.4, 0.5) is 8.78 Å². The third-order valence-corrected chi connectivity index (χ3v) is 3.13. The Morgan fingerprint density at radius 1 is 1.19 bits per heavy atom. The molecule has 0 fully saturated rings. The second kappa shape index (κ2) is 7.04. The normalized spacial score (nSPS) is 10.9. The number of hydrogen-bond donors (Lipinski definition) is 0. The summed E-state index contributed by atoms with van der Waals surface area (Å²) in [5.41, 5.74) is 1.13. The number of rotatable bonds is 6. The maximum Gasteiger partial charge on any atom is 0.176 e. The van der Waals surface area contributed by atoms with Crippen molar-refractivity contribution in [3.63, 3.8) is 0 Å². The number of halogens is 2. The Labute approximate surface area is 122 Å². The number of aromatic nitrogens is 1. The van der Waals surface area contributed by atoms with Crippen molar-refractivity contribution in [2.45, 2.75) is 6.42 Å². The Morgan fingerprint density at radius 3 is 2.67 bits per heavy atom. The van der Waals surface area contributed by atoms with Gasteiger partial charge >= 0.3 is 0 Å². The fourth-order valence-corrected chi connectivity index (χ4v) is 1.94. The quantitative estimate of drug-likeness (QED) is 0.767. The molecule has 0 atom stereocenters. The predicted octanol–water partition coefficient (Wildman–Crippen LogP) is 2.72. The first kappa shape index (κ1) is 15.3. The van der Waals surface area contributed by atoms with E-state index in [-0.39, 0.29) is 17.9 Å². The van der Waals surface area contributed by atoms with Crippen LogP contribution in [0.1, 0.15) is 16.1 Å². The maximum absolute atomic E-state index is 13.1. The Balaban J connectivity index is 1.88. The lowest BCUT2D eigenvalue weighted by Crippen LogP contribution is -2.28. The van der Waals surface area contributed by atoms with E-state index >= 15 is 0 Å². The van der Waals surface area contributed by atoms with E-state index in [2.05, 4.69) is 4.98 Å². The number of likely N-dealkylation sites (N-methyl/N-ethyl adjacent to an activating group) is 1. The number of hydrogen-bond acceptors (Lipinski definition) is 3. The third kappa shape index (κ3) is 4.43. The van der Waals surface area contributed by atoms with Crippen LogP contribution in [0.25, 0.3) is 0 Å². The van der Waals surface area contributed by atoms with Gasteiger partial charge in [0.05, 0.1) is 6.54 Å². The summed E-state index contributed by atoms with van der Waals surface area (Å²) in [7, 11) is 1.81. The van der Waals surface area contributed by atoms with E-state index in [1.54, 1.807) is 13.2 Å². The molecule has 0 N–H and O–H groups in total. The van der Waals surface area contributed by atoms with Gasteiger partial charge in [-0.3, -0.25) is 14.7 Å². The fourth-order valence-electron chi connectivity index (χ4n) is 1.94. The molecule has 0 amide bonds. The lowest BCUT2D eigenvalue weighted by molar-refractivity contribution is 0.0946. The van der Waals surface area contributed by atoms with Gasteiger partial charge < -0.3 is 0 Å². The maximum atomic E-state index is 13.1. The first-order chi connectivity index (χ1) is 10.1. The van der Waals surface area contributed by atoms with Crippen LogP contribution in [-0.2, 0) is 6.42 Å². The lowest BCUT2D eigenvalue weighted by Gasteiger charge is -2.15. The van der Waals surface area contributed by atoms with Crippen LogP contribution in [-0.4, -0.2) is 35.8 Å². The van der Waals surface area contributed by atoms with Gasteiger partial charge in [-0.25, -0.2) is 8.78 Å². The minimum absolute atomic E-state index is 0.151. The monoisotopic (exact) mass is 290 g/mol. The molecule has 0 aliphatic rings. The van der Waals surface area contributed by atoms with Crippen molar-refractivity contribution in [3.8, 4) is 0 Å². The molecule has 0 radical (unpaired) electrons. The van der Waals surface area contributed by atoms with Gasteiger partial charge in [-0.05, 0) is 37.4 Å². The SMILES string of the molecule is CN(CCc1ccccn1)CC(=O)c1ccc(F)c(F)c1. The average molecular weight is 290 g/mol. The summed E-state index contributed by atoms with van der Waals surface area (Å²) < 4.78 is 25.9. The highest BCUT2D eigenvalue weighted by Gasteiger charge is 2.12. The van der Waals surface area contributed by atoms with Gasteiger partial charge in [0, 0.05) is 30.4 Å². The van der Waals surface area contributed by atoms with Crippen molar-refractivity contribution in [2.24, 2.45) is 0 Å². The number of nitrogens with zero attached hydrogens (tertiary/aromatic N) is 2. The number of ketones is 1. The molecule has 1 aromatic heterocycles. The van der Waals surface area contributed by atoms with Gasteiger partial charge in [0.15, 0.2) is 17.4 Å². The van der Waals surface area contributed by atoms with Gasteiger partial charge in [0.2, 0.25) is 0 Å². The topological polar surface area (TPSA) is 33.2 Å². The molecular weight excluding hydrogens is 274 g/mol. The van der Waals surface area contributed by atoms with E-state index in [1.165, 1.54) is 6.07 Å². The van der Waals surface area contributed by atoms with Crippen LogP contribution in [0.5, 0.6) is 0 Å². The Hall–Kier alpha value is -2.14. The molecule has 0 bridgehead atoms. The lowest BCUT2D eigenvalue weighted by atomic mass is 10.1. The van der Waals surface area contributed by atoms with Gasteiger partial charge in [-0.2, -0.15) is 0 Å². The number of benzene rings is 1. The van der Waals surface area contributed by atoms with Crippen LogP contribution in [0.2, 0.25) is 0 Å². The molecule has 1 aromatic carbocycles. The van der Waals surface area contributed by atoms with Crippen LogP contribution in [0, 0.1) is 11.6 Å². The van der Waals surface area contributed by atoms with Crippen molar-refractivity contribution in [1.82, 2.24) is 9.88 Å². The Kier molecular flexibility index (Phi) is 5.11. The highest BCUT2D eigenvalue weighted by atomic mass is 19.2. The second-order valence-corrected chi connectivity index (χ2v) is 4.86. The van der Waals surface area contributed by atoms with Crippen LogP contribution >= 0.6 is 0 Å². The number of pyridine rings is 1. The summed E-state index contributed by atoms with van der Waals surface area (Å²) in [6.07, 6.45) is 2.45. The predicted molar refractivity (Wildman–Crippen MR) is 76.1 cm³/mol. The van der Waals surface area contributed by atoms with Gasteiger partial charge in [0.1, 0.15) is 0 Å². The Bertz CT molecular complexity index is 617. The molecule has 110 valence electrons. The van der Waals surface area contributed by atoms with E-state index < -0.39 is 11.6 Å². The van der Waals surface area contributed by atoms with Crippen LogP contribution in [0.15, 0.2) is 42.6 Å². The van der Waals surface area contributed by atoms with Crippen molar-refractivity contribution in [1.29, 1.82) is 0 Å². The zero-order valence-electron chi connectivity index (χ0n) is 11.7. The van der Waals surface area contributed by atoms with E-state index in [4.69, 9.17) is 0 Å². The number of carbonyl (C=O) groups is 1. The van der Waals surface area contributed by atoms with Crippen LogP contribution in [0.3, 0.4) is 0 Å². The van der Waals surface area contributed by atoms with Crippen molar-refractivity contribution in [3.05, 3.63) is 65.5 Å². The second-order valence-electron chi connectivity index (χ2n) is 4.86. The molecule has 3 nitrogen and oxygen atoms in total. The fraction of sp³-hybridized carbons (Fsp3) is 0.250. The minimum atomic E-state index is -1.00. The first-order valence-corrected chi connectivity index (χ1v) is 6.63. The van der Waals surface area contributed by atoms with Crippen molar-refractivity contribution < 1.29 is 13.6 Å². The van der Waals surface area contributed by atoms with E-state index in [0.717, 1.165) is 24.2 Å². The molecule has 0 aliphatic carbocycles. The molecule has 21 heavy (non-hydrogen) atoms. The molecule has 0 saturated heterocycles. The van der Waals surface area contributed by atoms with E-state index in [1.807, 2.05) is 23.1 Å².